The third-order valence-corrected chi connectivity index (χ3v) is 3.52. The Morgan fingerprint density at radius 3 is 2.62 bits per heavy atom. The van der Waals surface area contributed by atoms with Gasteiger partial charge in [-0.05, 0) is 36.2 Å². The van der Waals surface area contributed by atoms with Gasteiger partial charge in [-0.1, -0.05) is 6.07 Å². The zero-order chi connectivity index (χ0) is 17.5. The molecule has 0 fully saturated rings. The number of aromatic nitrogens is 1. The van der Waals surface area contributed by atoms with E-state index in [1.807, 2.05) is 18.2 Å². The molecule has 0 saturated carbocycles. The summed E-state index contributed by atoms with van der Waals surface area (Å²) in [6, 6.07) is 8.44. The number of urea groups is 1. The first kappa shape index (κ1) is 17.4. The van der Waals surface area contributed by atoms with Crippen molar-refractivity contribution in [2.45, 2.75) is 6.42 Å². The van der Waals surface area contributed by atoms with Crippen LogP contribution in [0.3, 0.4) is 0 Å². The molecule has 2 amide bonds. The van der Waals surface area contributed by atoms with Gasteiger partial charge in [-0.3, -0.25) is 4.79 Å². The van der Waals surface area contributed by atoms with E-state index >= 15 is 0 Å². The van der Waals surface area contributed by atoms with E-state index in [4.69, 9.17) is 9.47 Å². The van der Waals surface area contributed by atoms with Crippen molar-refractivity contribution in [3.05, 3.63) is 52.4 Å². The molecule has 0 saturated heterocycles. The third kappa shape index (κ3) is 4.28. The first-order chi connectivity index (χ1) is 11.5. The lowest BCUT2D eigenvalue weighted by Gasteiger charge is -2.10. The molecule has 0 unspecified atom stereocenters. The molecule has 128 valence electrons. The Balaban J connectivity index is 1.89. The number of amides is 2. The van der Waals surface area contributed by atoms with Crippen LogP contribution in [0, 0.1) is 0 Å². The minimum atomic E-state index is -0.418. The number of methoxy groups -OCH3 is 2. The Bertz CT molecular complexity index is 771. The predicted octanol–water partition coefficient (Wildman–Crippen LogP) is 1.77. The zero-order valence-corrected chi connectivity index (χ0v) is 14.0. The van der Waals surface area contributed by atoms with Crippen LogP contribution < -0.4 is 25.7 Å². The molecule has 2 N–H and O–H groups in total. The van der Waals surface area contributed by atoms with Crippen LogP contribution >= 0.6 is 0 Å². The number of carbonyl (C=O) groups is 1. The summed E-state index contributed by atoms with van der Waals surface area (Å²) in [5.41, 5.74) is 0.986. The smallest absolute Gasteiger partial charge is 0.319 e. The molecule has 7 nitrogen and oxygen atoms in total. The number of nitrogens with one attached hydrogen (secondary N) is 2. The van der Waals surface area contributed by atoms with Crippen LogP contribution in [0.25, 0.3) is 0 Å². The Morgan fingerprint density at radius 1 is 1.17 bits per heavy atom. The number of rotatable bonds is 6. The van der Waals surface area contributed by atoms with Crippen LogP contribution in [0.1, 0.15) is 5.56 Å². The second kappa shape index (κ2) is 8.05. The fourth-order valence-electron chi connectivity index (χ4n) is 2.22. The van der Waals surface area contributed by atoms with Crippen molar-refractivity contribution in [3.63, 3.8) is 0 Å². The fraction of sp³-hybridized carbons (Fsp3) is 0.294. The first-order valence-electron chi connectivity index (χ1n) is 7.46. The summed E-state index contributed by atoms with van der Waals surface area (Å²) >= 11 is 0. The number of hydrogen-bond acceptors (Lipinski definition) is 4. The van der Waals surface area contributed by atoms with Crippen molar-refractivity contribution in [2.24, 2.45) is 7.05 Å². The largest absolute Gasteiger partial charge is 0.493 e. The molecule has 1 heterocycles. The predicted molar refractivity (Wildman–Crippen MR) is 92.0 cm³/mol. The molecule has 24 heavy (non-hydrogen) atoms. The number of carbonyl (C=O) groups excluding carboxylic acids is 1. The van der Waals surface area contributed by atoms with Gasteiger partial charge in [-0.2, -0.15) is 0 Å². The lowest BCUT2D eigenvalue weighted by molar-refractivity contribution is 0.252. The van der Waals surface area contributed by atoms with Gasteiger partial charge in [0.2, 0.25) is 0 Å². The quantitative estimate of drug-likeness (QED) is 0.845. The van der Waals surface area contributed by atoms with Crippen LogP contribution in [0.5, 0.6) is 11.5 Å². The van der Waals surface area contributed by atoms with Crippen molar-refractivity contribution in [1.29, 1.82) is 0 Å². The van der Waals surface area contributed by atoms with Crippen molar-refractivity contribution in [1.82, 2.24) is 9.88 Å². The van der Waals surface area contributed by atoms with Crippen LogP contribution in [0.4, 0.5) is 10.5 Å². The highest BCUT2D eigenvalue weighted by Crippen LogP contribution is 2.27. The Hall–Kier alpha value is -2.96. The summed E-state index contributed by atoms with van der Waals surface area (Å²) in [7, 11) is 4.79. The lowest BCUT2D eigenvalue weighted by atomic mass is 10.1. The normalized spacial score (nSPS) is 10.1. The average molecular weight is 331 g/mol. The fourth-order valence-corrected chi connectivity index (χ4v) is 2.22. The minimum absolute atomic E-state index is 0.239. The Labute approximate surface area is 140 Å². The number of aryl methyl sites for hydroxylation is 1. The van der Waals surface area contributed by atoms with Gasteiger partial charge in [0.15, 0.2) is 11.5 Å². The first-order valence-corrected chi connectivity index (χ1v) is 7.46. The molecule has 1 aromatic heterocycles. The topological polar surface area (TPSA) is 81.6 Å². The van der Waals surface area contributed by atoms with Crippen LogP contribution in [-0.4, -0.2) is 31.4 Å². The molecule has 0 aliphatic carbocycles. The highest BCUT2D eigenvalue weighted by Gasteiger charge is 2.07. The van der Waals surface area contributed by atoms with E-state index in [-0.39, 0.29) is 11.2 Å². The highest BCUT2D eigenvalue weighted by atomic mass is 16.5. The summed E-state index contributed by atoms with van der Waals surface area (Å²) in [5, 5.41) is 5.27. The van der Waals surface area contributed by atoms with Gasteiger partial charge in [-0.25, -0.2) is 4.79 Å². The maximum absolute atomic E-state index is 11.9. The summed E-state index contributed by atoms with van der Waals surface area (Å²) in [6.07, 6.45) is 2.25. The van der Waals surface area contributed by atoms with Gasteiger partial charge in [-0.15, -0.1) is 0 Å². The molecule has 2 rings (SSSR count). The third-order valence-electron chi connectivity index (χ3n) is 3.52. The van der Waals surface area contributed by atoms with Crippen molar-refractivity contribution >= 4 is 11.7 Å². The molecular formula is C17H21N3O4. The molecule has 0 aliphatic rings. The zero-order valence-electron chi connectivity index (χ0n) is 14.0. The van der Waals surface area contributed by atoms with E-state index in [0.29, 0.717) is 24.5 Å². The SMILES string of the molecule is COc1ccc(CCNC(=O)Nc2cccn(C)c2=O)cc1OC. The molecular weight excluding hydrogens is 310 g/mol. The number of ether oxygens (including phenoxy) is 2. The van der Waals surface area contributed by atoms with Gasteiger partial charge < -0.3 is 24.7 Å². The van der Waals surface area contributed by atoms with Crippen molar-refractivity contribution in [2.75, 3.05) is 26.1 Å². The van der Waals surface area contributed by atoms with Crippen LogP contribution in [0.2, 0.25) is 0 Å². The molecule has 0 atom stereocenters. The van der Waals surface area contributed by atoms with E-state index in [9.17, 15) is 9.59 Å². The summed E-state index contributed by atoms with van der Waals surface area (Å²) in [5.74, 6) is 1.30. The molecule has 0 radical (unpaired) electrons. The van der Waals surface area contributed by atoms with Crippen molar-refractivity contribution in [3.8, 4) is 11.5 Å². The van der Waals surface area contributed by atoms with E-state index < -0.39 is 6.03 Å². The summed E-state index contributed by atoms with van der Waals surface area (Å²) < 4.78 is 11.8. The standard InChI is InChI=1S/C17H21N3O4/c1-20-10-4-5-13(16(20)21)19-17(22)18-9-8-12-6-7-14(23-2)15(11-12)24-3/h4-7,10-11H,8-9H2,1-3H3,(H2,18,19,22). The highest BCUT2D eigenvalue weighted by molar-refractivity contribution is 5.88. The van der Waals surface area contributed by atoms with Crippen LogP contribution in [-0.2, 0) is 13.5 Å². The summed E-state index contributed by atoms with van der Waals surface area (Å²) in [6.45, 7) is 0.425. The maximum Gasteiger partial charge on any atom is 0.319 e. The Morgan fingerprint density at radius 2 is 1.92 bits per heavy atom. The number of hydrogen-bond donors (Lipinski definition) is 2. The van der Waals surface area contributed by atoms with Crippen molar-refractivity contribution < 1.29 is 14.3 Å². The molecule has 1 aromatic carbocycles. The van der Waals surface area contributed by atoms with Gasteiger partial charge in [0.05, 0.1) is 14.2 Å². The monoisotopic (exact) mass is 331 g/mol. The average Bonchev–Trinajstić information content (AvgIpc) is 2.58. The Kier molecular flexibility index (Phi) is 5.83. The lowest BCUT2D eigenvalue weighted by Crippen LogP contribution is -2.33. The van der Waals surface area contributed by atoms with E-state index in [2.05, 4.69) is 10.6 Å². The van der Waals surface area contributed by atoms with E-state index in [1.54, 1.807) is 39.6 Å². The van der Waals surface area contributed by atoms with Gasteiger partial charge in [0.25, 0.3) is 5.56 Å². The molecule has 7 heteroatoms. The molecule has 0 bridgehead atoms. The molecule has 0 spiro atoms. The minimum Gasteiger partial charge on any atom is -0.493 e. The van der Waals surface area contributed by atoms with E-state index in [1.165, 1.54) is 4.57 Å². The maximum atomic E-state index is 11.9. The molecule has 2 aromatic rings. The van der Waals surface area contributed by atoms with Crippen LogP contribution in [0.15, 0.2) is 41.3 Å². The number of nitrogens with zero attached hydrogens (tertiary/aromatic N) is 1. The van der Waals surface area contributed by atoms with Gasteiger partial charge in [0.1, 0.15) is 5.69 Å². The second-order valence-corrected chi connectivity index (χ2v) is 5.16. The van der Waals surface area contributed by atoms with E-state index in [0.717, 1.165) is 5.56 Å². The van der Waals surface area contributed by atoms with Gasteiger partial charge in [0, 0.05) is 19.8 Å². The number of benzene rings is 1. The van der Waals surface area contributed by atoms with Gasteiger partial charge >= 0.3 is 6.03 Å². The summed E-state index contributed by atoms with van der Waals surface area (Å²) in [4.78, 5) is 23.7. The number of anilines is 1. The molecule has 0 aliphatic heterocycles. The second-order valence-electron chi connectivity index (χ2n) is 5.16. The number of pyridine rings is 1.